The maximum absolute atomic E-state index is 12.4. The highest BCUT2D eigenvalue weighted by molar-refractivity contribution is 7.15. The van der Waals surface area contributed by atoms with E-state index in [0.29, 0.717) is 11.0 Å². The molecule has 0 atom stereocenters. The molecular weight excluding hydrogens is 440 g/mol. The molecule has 0 spiro atoms. The Morgan fingerprint density at radius 1 is 1.19 bits per heavy atom. The maximum Gasteiger partial charge on any atom is 0.232 e. The molecule has 1 saturated heterocycles. The van der Waals surface area contributed by atoms with Crippen LogP contribution in [-0.2, 0) is 24.2 Å². The van der Waals surface area contributed by atoms with Crippen LogP contribution in [0.25, 0.3) is 10.6 Å². The number of amides is 1. The summed E-state index contributed by atoms with van der Waals surface area (Å²) >= 11 is 3.02. The van der Waals surface area contributed by atoms with E-state index in [1.807, 2.05) is 5.38 Å². The summed E-state index contributed by atoms with van der Waals surface area (Å²) in [5.41, 5.74) is 3.18. The second kappa shape index (κ2) is 10.6. The van der Waals surface area contributed by atoms with E-state index in [-0.39, 0.29) is 12.3 Å². The zero-order chi connectivity index (χ0) is 22.5. The van der Waals surface area contributed by atoms with Gasteiger partial charge in [0.1, 0.15) is 10.0 Å². The first-order valence-corrected chi connectivity index (χ1v) is 12.7. The van der Waals surface area contributed by atoms with E-state index in [9.17, 15) is 4.79 Å². The number of nitrogens with zero attached hydrogens (tertiary/aromatic N) is 5. The Kier molecular flexibility index (Phi) is 7.62. The van der Waals surface area contributed by atoms with Crippen LogP contribution in [0.2, 0.25) is 0 Å². The molecule has 1 fully saturated rings. The molecule has 1 aliphatic rings. The van der Waals surface area contributed by atoms with Gasteiger partial charge in [0.2, 0.25) is 11.0 Å². The van der Waals surface area contributed by atoms with Crippen LogP contribution in [0.1, 0.15) is 30.1 Å². The summed E-state index contributed by atoms with van der Waals surface area (Å²) in [6.07, 6.45) is 1.10. The highest BCUT2D eigenvalue weighted by atomic mass is 32.1. The lowest BCUT2D eigenvalue weighted by Crippen LogP contribution is -2.43. The van der Waals surface area contributed by atoms with E-state index >= 15 is 0 Å². The predicted molar refractivity (Wildman–Crippen MR) is 131 cm³/mol. The third-order valence-electron chi connectivity index (χ3n) is 5.37. The van der Waals surface area contributed by atoms with Gasteiger partial charge in [-0.05, 0) is 24.6 Å². The van der Waals surface area contributed by atoms with Crippen molar-refractivity contribution in [1.29, 1.82) is 0 Å². The average Bonchev–Trinajstić information content (AvgIpc) is 3.39. The fraction of sp³-hybridized carbons (Fsp3) is 0.478. The number of thiazole rings is 1. The van der Waals surface area contributed by atoms with Crippen molar-refractivity contribution >= 4 is 33.7 Å². The van der Waals surface area contributed by atoms with Crippen molar-refractivity contribution in [1.82, 2.24) is 25.0 Å². The highest BCUT2D eigenvalue weighted by Gasteiger charge is 2.15. The van der Waals surface area contributed by atoms with Crippen molar-refractivity contribution in [2.24, 2.45) is 5.92 Å². The molecule has 1 N–H and O–H groups in total. The SMILES string of the molecule is CC(C)Cc1nnc(NC(=O)Cc2csc(-c3cccc(CN4CCN(C)CC4)c3)n2)s1. The van der Waals surface area contributed by atoms with Crippen molar-refractivity contribution in [3.05, 3.63) is 45.9 Å². The summed E-state index contributed by atoms with van der Waals surface area (Å²) in [7, 11) is 2.18. The van der Waals surface area contributed by atoms with E-state index in [1.165, 1.54) is 16.9 Å². The molecule has 1 aromatic carbocycles. The number of hydrogen-bond donors (Lipinski definition) is 1. The molecule has 3 heterocycles. The third kappa shape index (κ3) is 6.41. The first kappa shape index (κ1) is 23.0. The number of benzene rings is 1. The monoisotopic (exact) mass is 470 g/mol. The fourth-order valence-corrected chi connectivity index (χ4v) is 5.44. The highest BCUT2D eigenvalue weighted by Crippen LogP contribution is 2.26. The number of carbonyl (C=O) groups is 1. The number of rotatable bonds is 8. The summed E-state index contributed by atoms with van der Waals surface area (Å²) in [5.74, 6) is 0.401. The average molecular weight is 471 g/mol. The van der Waals surface area contributed by atoms with Gasteiger partial charge in [0.05, 0.1) is 12.1 Å². The van der Waals surface area contributed by atoms with Crippen LogP contribution >= 0.6 is 22.7 Å². The predicted octanol–water partition coefficient (Wildman–Crippen LogP) is 3.79. The Bertz CT molecular complexity index is 1040. The molecule has 0 bridgehead atoms. The Balaban J connectivity index is 1.34. The molecule has 2 aromatic heterocycles. The minimum atomic E-state index is -0.113. The summed E-state index contributed by atoms with van der Waals surface area (Å²) in [6, 6.07) is 8.59. The van der Waals surface area contributed by atoms with Gasteiger partial charge in [0.15, 0.2) is 0 Å². The van der Waals surface area contributed by atoms with Crippen molar-refractivity contribution in [2.45, 2.75) is 33.2 Å². The second-order valence-electron chi connectivity index (χ2n) is 8.75. The van der Waals surface area contributed by atoms with E-state index in [4.69, 9.17) is 4.98 Å². The molecule has 3 aromatic rings. The van der Waals surface area contributed by atoms with Gasteiger partial charge in [0.25, 0.3) is 0 Å². The summed E-state index contributed by atoms with van der Waals surface area (Å²) in [4.78, 5) is 22.0. The number of carbonyl (C=O) groups excluding carboxylic acids is 1. The Labute approximate surface area is 197 Å². The Morgan fingerprint density at radius 2 is 2.00 bits per heavy atom. The molecule has 170 valence electrons. The molecule has 1 amide bonds. The summed E-state index contributed by atoms with van der Waals surface area (Å²) < 4.78 is 0. The standard InChI is InChI=1S/C23H30N6OS2/c1-16(2)11-21-26-27-23(32-21)25-20(30)13-19-15-31-22(24-19)18-6-4-5-17(12-18)14-29-9-7-28(3)8-10-29/h4-6,12,15-16H,7-11,13-14H2,1-3H3,(H,25,27,30). The zero-order valence-electron chi connectivity index (χ0n) is 18.9. The van der Waals surface area contributed by atoms with Crippen molar-refractivity contribution in [3.8, 4) is 10.6 Å². The topological polar surface area (TPSA) is 74.2 Å². The molecular formula is C23H30N6OS2. The number of piperazine rings is 1. The van der Waals surface area contributed by atoms with Crippen LogP contribution in [0.3, 0.4) is 0 Å². The first-order chi connectivity index (χ1) is 15.4. The molecule has 0 aliphatic carbocycles. The summed E-state index contributed by atoms with van der Waals surface area (Å²) in [6.45, 7) is 9.68. The van der Waals surface area contributed by atoms with Gasteiger partial charge in [-0.25, -0.2) is 4.98 Å². The lowest BCUT2D eigenvalue weighted by molar-refractivity contribution is -0.115. The van der Waals surface area contributed by atoms with Crippen molar-refractivity contribution in [2.75, 3.05) is 38.5 Å². The quantitative estimate of drug-likeness (QED) is 0.540. The van der Waals surface area contributed by atoms with Gasteiger partial charge < -0.3 is 10.2 Å². The molecule has 7 nitrogen and oxygen atoms in total. The van der Waals surface area contributed by atoms with E-state index < -0.39 is 0 Å². The normalized spacial score (nSPS) is 15.4. The lowest BCUT2D eigenvalue weighted by atomic mass is 10.1. The number of aromatic nitrogens is 3. The largest absolute Gasteiger partial charge is 0.304 e. The van der Waals surface area contributed by atoms with Gasteiger partial charge in [-0.2, -0.15) is 0 Å². The number of likely N-dealkylation sites (N-methyl/N-ethyl adjacent to an activating group) is 1. The Morgan fingerprint density at radius 3 is 2.78 bits per heavy atom. The first-order valence-electron chi connectivity index (χ1n) is 11.0. The molecule has 1 aliphatic heterocycles. The molecule has 32 heavy (non-hydrogen) atoms. The smallest absolute Gasteiger partial charge is 0.232 e. The van der Waals surface area contributed by atoms with Crippen LogP contribution in [0.15, 0.2) is 29.6 Å². The van der Waals surface area contributed by atoms with Crippen LogP contribution < -0.4 is 5.32 Å². The van der Waals surface area contributed by atoms with Crippen molar-refractivity contribution < 1.29 is 4.79 Å². The van der Waals surface area contributed by atoms with Crippen molar-refractivity contribution in [3.63, 3.8) is 0 Å². The summed E-state index contributed by atoms with van der Waals surface area (Å²) in [5, 5.41) is 15.5. The van der Waals surface area contributed by atoms with Gasteiger partial charge in [-0.3, -0.25) is 9.69 Å². The van der Waals surface area contributed by atoms with E-state index in [1.54, 1.807) is 11.3 Å². The number of hydrogen-bond acceptors (Lipinski definition) is 8. The zero-order valence-corrected chi connectivity index (χ0v) is 20.5. The van der Waals surface area contributed by atoms with E-state index in [0.717, 1.165) is 60.4 Å². The van der Waals surface area contributed by atoms with Gasteiger partial charge >= 0.3 is 0 Å². The van der Waals surface area contributed by atoms with Gasteiger partial charge in [-0.15, -0.1) is 21.5 Å². The second-order valence-corrected chi connectivity index (χ2v) is 10.7. The van der Waals surface area contributed by atoms with E-state index in [2.05, 4.69) is 70.5 Å². The molecule has 9 heteroatoms. The minimum absolute atomic E-state index is 0.113. The van der Waals surface area contributed by atoms with Crippen LogP contribution in [-0.4, -0.2) is 64.1 Å². The van der Waals surface area contributed by atoms with Gasteiger partial charge in [0, 0.05) is 50.1 Å². The maximum atomic E-state index is 12.4. The van der Waals surface area contributed by atoms with Crippen LogP contribution in [0.5, 0.6) is 0 Å². The molecule has 0 unspecified atom stereocenters. The lowest BCUT2D eigenvalue weighted by Gasteiger charge is -2.32. The molecule has 0 radical (unpaired) electrons. The minimum Gasteiger partial charge on any atom is -0.304 e. The third-order valence-corrected chi connectivity index (χ3v) is 7.17. The van der Waals surface area contributed by atoms with Gasteiger partial charge in [-0.1, -0.05) is 43.4 Å². The fourth-order valence-electron chi connectivity index (χ4n) is 3.65. The number of nitrogens with one attached hydrogen (secondary N) is 1. The molecule has 4 rings (SSSR count). The number of anilines is 1. The van der Waals surface area contributed by atoms with Crippen LogP contribution in [0, 0.1) is 5.92 Å². The van der Waals surface area contributed by atoms with Crippen LogP contribution in [0.4, 0.5) is 5.13 Å². The molecule has 0 saturated carbocycles. The Hall–Kier alpha value is -2.20.